The summed E-state index contributed by atoms with van der Waals surface area (Å²) in [6.45, 7) is 3.11. The standard InChI is InChI=1S/C19H20N4/c1-14-6-4-8-16(12-14)23-19-17(9-2-3-11-21-19)18(22-23)15-7-5-10-20-13-15/h4-8,10,12-13,21H,2-3,9,11H2,1H3. The van der Waals surface area contributed by atoms with Crippen LogP contribution in [0, 0.1) is 6.92 Å². The summed E-state index contributed by atoms with van der Waals surface area (Å²) in [5, 5.41) is 8.51. The van der Waals surface area contributed by atoms with Crippen molar-refractivity contribution < 1.29 is 0 Å². The minimum absolute atomic E-state index is 0.997. The van der Waals surface area contributed by atoms with E-state index >= 15 is 0 Å². The Morgan fingerprint density at radius 3 is 2.91 bits per heavy atom. The van der Waals surface area contributed by atoms with E-state index in [1.165, 1.54) is 24.0 Å². The molecule has 0 unspecified atom stereocenters. The smallest absolute Gasteiger partial charge is 0.133 e. The topological polar surface area (TPSA) is 42.7 Å². The molecule has 116 valence electrons. The predicted octanol–water partition coefficient (Wildman–Crippen LogP) is 3.99. The van der Waals surface area contributed by atoms with E-state index < -0.39 is 0 Å². The Balaban J connectivity index is 1.92. The number of pyridine rings is 1. The Bertz CT molecular complexity index is 821. The zero-order chi connectivity index (χ0) is 15.6. The van der Waals surface area contributed by atoms with Gasteiger partial charge in [0.2, 0.25) is 0 Å². The number of nitrogens with zero attached hydrogens (tertiary/aromatic N) is 3. The highest BCUT2D eigenvalue weighted by Gasteiger charge is 2.21. The van der Waals surface area contributed by atoms with E-state index in [0.717, 1.165) is 35.7 Å². The van der Waals surface area contributed by atoms with Crippen molar-refractivity contribution in [3.05, 3.63) is 59.9 Å². The number of hydrogen-bond acceptors (Lipinski definition) is 3. The monoisotopic (exact) mass is 304 g/mol. The van der Waals surface area contributed by atoms with E-state index in [4.69, 9.17) is 5.10 Å². The van der Waals surface area contributed by atoms with Gasteiger partial charge in [0, 0.05) is 30.1 Å². The van der Waals surface area contributed by atoms with Gasteiger partial charge in [-0.3, -0.25) is 4.98 Å². The summed E-state index contributed by atoms with van der Waals surface area (Å²) in [4.78, 5) is 4.26. The molecule has 1 N–H and O–H groups in total. The van der Waals surface area contributed by atoms with E-state index in [1.807, 2.05) is 12.3 Å². The maximum atomic E-state index is 4.93. The number of hydrogen-bond donors (Lipinski definition) is 1. The fourth-order valence-corrected chi connectivity index (χ4v) is 3.18. The lowest BCUT2D eigenvalue weighted by atomic mass is 10.1. The number of anilines is 1. The molecule has 0 aliphatic carbocycles. The van der Waals surface area contributed by atoms with Crippen molar-refractivity contribution in [1.82, 2.24) is 14.8 Å². The van der Waals surface area contributed by atoms with Crippen LogP contribution in [0.4, 0.5) is 5.82 Å². The number of rotatable bonds is 2. The Kier molecular flexibility index (Phi) is 3.58. The van der Waals surface area contributed by atoms with Gasteiger partial charge in [0.1, 0.15) is 5.82 Å². The van der Waals surface area contributed by atoms with Gasteiger partial charge in [-0.15, -0.1) is 0 Å². The second-order valence-electron chi connectivity index (χ2n) is 6.05. The average molecular weight is 304 g/mol. The van der Waals surface area contributed by atoms with Crippen LogP contribution in [-0.4, -0.2) is 21.3 Å². The van der Waals surface area contributed by atoms with Gasteiger partial charge in [-0.25, -0.2) is 4.68 Å². The zero-order valence-corrected chi connectivity index (χ0v) is 13.3. The molecule has 0 radical (unpaired) electrons. The predicted molar refractivity (Wildman–Crippen MR) is 93.0 cm³/mol. The van der Waals surface area contributed by atoms with Crippen LogP contribution >= 0.6 is 0 Å². The van der Waals surface area contributed by atoms with Crippen LogP contribution in [0.3, 0.4) is 0 Å². The lowest BCUT2D eigenvalue weighted by Gasteiger charge is -2.09. The first kappa shape index (κ1) is 14.0. The quantitative estimate of drug-likeness (QED) is 0.778. The van der Waals surface area contributed by atoms with Crippen LogP contribution in [0.2, 0.25) is 0 Å². The summed E-state index contributed by atoms with van der Waals surface area (Å²) in [7, 11) is 0. The molecule has 4 nitrogen and oxygen atoms in total. The molecule has 2 aromatic heterocycles. The number of aromatic nitrogens is 3. The maximum absolute atomic E-state index is 4.93. The zero-order valence-electron chi connectivity index (χ0n) is 13.3. The molecule has 4 rings (SSSR count). The maximum Gasteiger partial charge on any atom is 0.133 e. The fraction of sp³-hybridized carbons (Fsp3) is 0.263. The van der Waals surface area contributed by atoms with Crippen LogP contribution in [0.25, 0.3) is 16.9 Å². The molecule has 0 saturated carbocycles. The first-order chi connectivity index (χ1) is 11.3. The number of fused-ring (bicyclic) bond motifs is 1. The van der Waals surface area contributed by atoms with E-state index in [9.17, 15) is 0 Å². The molecular weight excluding hydrogens is 284 g/mol. The average Bonchev–Trinajstić information content (AvgIpc) is 2.77. The Hall–Kier alpha value is -2.62. The van der Waals surface area contributed by atoms with Crippen molar-refractivity contribution in [3.8, 4) is 16.9 Å². The van der Waals surface area contributed by atoms with Crippen molar-refractivity contribution in [2.75, 3.05) is 11.9 Å². The van der Waals surface area contributed by atoms with Crippen molar-refractivity contribution in [3.63, 3.8) is 0 Å². The highest BCUT2D eigenvalue weighted by atomic mass is 15.3. The molecule has 3 aromatic rings. The van der Waals surface area contributed by atoms with E-state index in [0.29, 0.717) is 0 Å². The normalized spacial score (nSPS) is 14.0. The first-order valence-corrected chi connectivity index (χ1v) is 8.16. The van der Waals surface area contributed by atoms with Gasteiger partial charge in [-0.05, 0) is 56.0 Å². The van der Waals surface area contributed by atoms with Crippen molar-refractivity contribution >= 4 is 5.82 Å². The number of aryl methyl sites for hydroxylation is 1. The van der Waals surface area contributed by atoms with Gasteiger partial charge in [0.05, 0.1) is 11.4 Å². The SMILES string of the molecule is Cc1cccc(-n2nc(-c3cccnc3)c3c2NCCCC3)c1. The third kappa shape index (κ3) is 2.61. The van der Waals surface area contributed by atoms with Crippen LogP contribution in [0.5, 0.6) is 0 Å². The van der Waals surface area contributed by atoms with Gasteiger partial charge in [0.25, 0.3) is 0 Å². The van der Waals surface area contributed by atoms with Gasteiger partial charge in [-0.1, -0.05) is 12.1 Å². The summed E-state index contributed by atoms with van der Waals surface area (Å²) in [6, 6.07) is 12.5. The van der Waals surface area contributed by atoms with Crippen molar-refractivity contribution in [2.45, 2.75) is 26.2 Å². The van der Waals surface area contributed by atoms with Crippen LogP contribution in [0.1, 0.15) is 24.0 Å². The molecule has 1 aromatic carbocycles. The van der Waals surface area contributed by atoms with Gasteiger partial charge < -0.3 is 5.32 Å². The molecule has 0 bridgehead atoms. The molecule has 0 spiro atoms. The van der Waals surface area contributed by atoms with Crippen LogP contribution in [-0.2, 0) is 6.42 Å². The minimum Gasteiger partial charge on any atom is -0.370 e. The number of nitrogens with one attached hydrogen (secondary N) is 1. The summed E-state index contributed by atoms with van der Waals surface area (Å²) in [5.41, 5.74) is 5.77. The highest BCUT2D eigenvalue weighted by molar-refractivity contribution is 5.70. The lowest BCUT2D eigenvalue weighted by molar-refractivity contribution is 0.780. The van der Waals surface area contributed by atoms with E-state index in [-0.39, 0.29) is 0 Å². The summed E-state index contributed by atoms with van der Waals surface area (Å²) in [6.07, 6.45) is 7.13. The molecule has 4 heteroatoms. The second kappa shape index (κ2) is 5.88. The number of benzene rings is 1. The van der Waals surface area contributed by atoms with Crippen LogP contribution in [0.15, 0.2) is 48.8 Å². The summed E-state index contributed by atoms with van der Waals surface area (Å²) in [5.74, 6) is 1.13. The molecule has 0 atom stereocenters. The van der Waals surface area contributed by atoms with Gasteiger partial charge >= 0.3 is 0 Å². The summed E-state index contributed by atoms with van der Waals surface area (Å²) >= 11 is 0. The molecule has 0 saturated heterocycles. The van der Waals surface area contributed by atoms with Crippen molar-refractivity contribution in [2.24, 2.45) is 0 Å². The molecule has 0 amide bonds. The summed E-state index contributed by atoms with van der Waals surface area (Å²) < 4.78 is 2.05. The Morgan fingerprint density at radius 1 is 1.13 bits per heavy atom. The van der Waals surface area contributed by atoms with Crippen LogP contribution < -0.4 is 5.32 Å². The highest BCUT2D eigenvalue weighted by Crippen LogP contribution is 2.33. The third-order valence-electron chi connectivity index (χ3n) is 4.31. The van der Waals surface area contributed by atoms with E-state index in [2.05, 4.69) is 52.2 Å². The van der Waals surface area contributed by atoms with E-state index in [1.54, 1.807) is 6.20 Å². The molecule has 1 aliphatic heterocycles. The molecule has 0 fully saturated rings. The Morgan fingerprint density at radius 2 is 2.09 bits per heavy atom. The second-order valence-corrected chi connectivity index (χ2v) is 6.05. The first-order valence-electron chi connectivity index (χ1n) is 8.16. The van der Waals surface area contributed by atoms with Crippen molar-refractivity contribution in [1.29, 1.82) is 0 Å². The Labute approximate surface area is 136 Å². The molecule has 3 heterocycles. The molecule has 1 aliphatic rings. The third-order valence-corrected chi connectivity index (χ3v) is 4.31. The van der Waals surface area contributed by atoms with Gasteiger partial charge in [0.15, 0.2) is 0 Å². The fourth-order valence-electron chi connectivity index (χ4n) is 3.18. The largest absolute Gasteiger partial charge is 0.370 e. The minimum atomic E-state index is 0.997. The molecule has 23 heavy (non-hydrogen) atoms. The lowest BCUT2D eigenvalue weighted by Crippen LogP contribution is -2.07. The molecular formula is C19H20N4. The van der Waals surface area contributed by atoms with Gasteiger partial charge in [-0.2, -0.15) is 5.10 Å².